The van der Waals surface area contributed by atoms with E-state index in [1.807, 2.05) is 23.6 Å². The number of Topliss-reactive ketones (excluding diaryl/α,β-unsaturated/α-hetero) is 1. The molecule has 0 spiro atoms. The summed E-state index contributed by atoms with van der Waals surface area (Å²) in [5.41, 5.74) is 0.148. The second-order valence-electron chi connectivity index (χ2n) is 6.67. The van der Waals surface area contributed by atoms with E-state index in [4.69, 9.17) is 9.47 Å². The zero-order valence-corrected chi connectivity index (χ0v) is 18.4. The molecule has 10 heteroatoms. The average molecular weight is 455 g/mol. The Hall–Kier alpha value is -3.66. The number of non-ortho nitro benzene ring substituents is 1. The second-order valence-corrected chi connectivity index (χ2v) is 7.61. The molecule has 1 heterocycles. The smallest absolute Gasteiger partial charge is 0.270 e. The maximum Gasteiger partial charge on any atom is 0.270 e. The first-order chi connectivity index (χ1) is 15.4. The minimum Gasteiger partial charge on any atom is -0.493 e. The molecule has 9 nitrogen and oxygen atoms in total. The standard InChI is InChI=1S/C22H22N4O5S/c1-4-12-25-21(15(2)31-20-11-6-5-10-19(20)30-3)23-24-22(25)32-14-18(27)16-8-7-9-17(13-16)26(28)29/h4-11,13,15H,1,12,14H2,2-3H3. The Morgan fingerprint density at radius 2 is 2.00 bits per heavy atom. The molecule has 0 radical (unpaired) electrons. The molecule has 0 amide bonds. The summed E-state index contributed by atoms with van der Waals surface area (Å²) >= 11 is 1.20. The molecule has 0 saturated heterocycles. The van der Waals surface area contributed by atoms with Crippen LogP contribution < -0.4 is 9.47 Å². The lowest BCUT2D eigenvalue weighted by molar-refractivity contribution is -0.384. The molecule has 0 aliphatic heterocycles. The fraction of sp³-hybridized carbons (Fsp3) is 0.227. The molecule has 0 aliphatic rings. The third-order valence-electron chi connectivity index (χ3n) is 4.50. The van der Waals surface area contributed by atoms with Gasteiger partial charge in [-0.15, -0.1) is 16.8 Å². The number of aromatic nitrogens is 3. The van der Waals surface area contributed by atoms with Crippen LogP contribution in [0.4, 0.5) is 5.69 Å². The van der Waals surface area contributed by atoms with E-state index in [0.717, 1.165) is 0 Å². The van der Waals surface area contributed by atoms with Crippen molar-refractivity contribution < 1.29 is 19.2 Å². The zero-order valence-electron chi connectivity index (χ0n) is 17.6. The van der Waals surface area contributed by atoms with Gasteiger partial charge in [0.05, 0.1) is 17.8 Å². The van der Waals surface area contributed by atoms with Gasteiger partial charge in [0, 0.05) is 24.2 Å². The highest BCUT2D eigenvalue weighted by molar-refractivity contribution is 7.99. The van der Waals surface area contributed by atoms with Gasteiger partial charge in [-0.2, -0.15) is 0 Å². The van der Waals surface area contributed by atoms with Crippen LogP contribution in [-0.4, -0.2) is 38.3 Å². The molecule has 0 bridgehead atoms. The van der Waals surface area contributed by atoms with E-state index in [1.165, 1.54) is 30.0 Å². The van der Waals surface area contributed by atoms with Crippen molar-refractivity contribution in [1.29, 1.82) is 0 Å². The number of benzene rings is 2. The van der Waals surface area contributed by atoms with E-state index < -0.39 is 11.0 Å². The molecular weight excluding hydrogens is 432 g/mol. The summed E-state index contributed by atoms with van der Waals surface area (Å²) in [5.74, 6) is 1.56. The Kier molecular flexibility index (Phi) is 7.61. The molecule has 32 heavy (non-hydrogen) atoms. The predicted molar refractivity (Wildman–Crippen MR) is 120 cm³/mol. The lowest BCUT2D eigenvalue weighted by Crippen LogP contribution is -2.13. The monoisotopic (exact) mass is 454 g/mol. The molecular formula is C22H22N4O5S. The highest BCUT2D eigenvalue weighted by Gasteiger charge is 2.21. The summed E-state index contributed by atoms with van der Waals surface area (Å²) in [4.78, 5) is 23.0. The number of nitro groups is 1. The first-order valence-corrected chi connectivity index (χ1v) is 10.7. The molecule has 0 saturated carbocycles. The van der Waals surface area contributed by atoms with Crippen LogP contribution in [0, 0.1) is 10.1 Å². The van der Waals surface area contributed by atoms with Crippen LogP contribution in [0.15, 0.2) is 66.3 Å². The third-order valence-corrected chi connectivity index (χ3v) is 5.47. The second kappa shape index (κ2) is 10.6. The number of hydrogen-bond acceptors (Lipinski definition) is 8. The number of thioether (sulfide) groups is 1. The lowest BCUT2D eigenvalue weighted by Gasteiger charge is -2.17. The van der Waals surface area contributed by atoms with E-state index in [-0.39, 0.29) is 22.8 Å². The molecule has 1 unspecified atom stereocenters. The van der Waals surface area contributed by atoms with Gasteiger partial charge in [0.25, 0.3) is 5.69 Å². The highest BCUT2D eigenvalue weighted by atomic mass is 32.2. The first-order valence-electron chi connectivity index (χ1n) is 9.68. The van der Waals surface area contributed by atoms with Gasteiger partial charge in [-0.3, -0.25) is 19.5 Å². The Bertz CT molecular complexity index is 1130. The fourth-order valence-electron chi connectivity index (χ4n) is 2.97. The maximum atomic E-state index is 12.6. The molecule has 2 aromatic carbocycles. The predicted octanol–water partition coefficient (Wildman–Crippen LogP) is 4.50. The third kappa shape index (κ3) is 5.33. The average Bonchev–Trinajstić information content (AvgIpc) is 3.20. The summed E-state index contributed by atoms with van der Waals surface area (Å²) in [6.45, 7) is 6.05. The number of ether oxygens (including phenoxy) is 2. The topological polar surface area (TPSA) is 109 Å². The van der Waals surface area contributed by atoms with Gasteiger partial charge in [0.1, 0.15) is 0 Å². The summed E-state index contributed by atoms with van der Waals surface area (Å²) in [6, 6.07) is 13.0. The molecule has 1 atom stereocenters. The van der Waals surface area contributed by atoms with E-state index in [2.05, 4.69) is 16.8 Å². The Morgan fingerprint density at radius 1 is 1.25 bits per heavy atom. The number of rotatable bonds is 11. The number of para-hydroxylation sites is 2. The molecule has 0 N–H and O–H groups in total. The van der Waals surface area contributed by atoms with E-state index >= 15 is 0 Å². The van der Waals surface area contributed by atoms with Crippen molar-refractivity contribution in [2.45, 2.75) is 24.7 Å². The number of nitro benzene ring substituents is 1. The van der Waals surface area contributed by atoms with Gasteiger partial charge in [-0.25, -0.2) is 0 Å². The van der Waals surface area contributed by atoms with E-state index in [1.54, 1.807) is 31.4 Å². The van der Waals surface area contributed by atoms with Crippen LogP contribution in [0.5, 0.6) is 11.5 Å². The number of nitrogens with zero attached hydrogens (tertiary/aromatic N) is 4. The van der Waals surface area contributed by atoms with Gasteiger partial charge in [0.2, 0.25) is 0 Å². The van der Waals surface area contributed by atoms with Crippen molar-refractivity contribution in [2.24, 2.45) is 0 Å². The molecule has 3 aromatic rings. The van der Waals surface area contributed by atoms with Crippen LogP contribution in [-0.2, 0) is 6.54 Å². The maximum absolute atomic E-state index is 12.6. The molecule has 3 rings (SSSR count). The van der Waals surface area contributed by atoms with Gasteiger partial charge in [-0.1, -0.05) is 42.1 Å². The number of hydrogen-bond donors (Lipinski definition) is 0. The van der Waals surface area contributed by atoms with Crippen LogP contribution in [0.3, 0.4) is 0 Å². The van der Waals surface area contributed by atoms with Gasteiger partial charge in [0.15, 0.2) is 34.4 Å². The van der Waals surface area contributed by atoms with Crippen LogP contribution in [0.1, 0.15) is 29.2 Å². The van der Waals surface area contributed by atoms with Crippen LogP contribution >= 0.6 is 11.8 Å². The molecule has 0 fully saturated rings. The zero-order chi connectivity index (χ0) is 23.1. The summed E-state index contributed by atoms with van der Waals surface area (Å²) in [6.07, 6.45) is 1.26. The number of allylic oxidation sites excluding steroid dienone is 1. The minimum atomic E-state index is -0.528. The number of carbonyl (C=O) groups is 1. The first kappa shape index (κ1) is 23.0. The summed E-state index contributed by atoms with van der Waals surface area (Å²) < 4.78 is 13.2. The quantitative estimate of drug-likeness (QED) is 0.137. The normalized spacial score (nSPS) is 11.6. The Labute approximate surface area is 189 Å². The van der Waals surface area contributed by atoms with Crippen molar-refractivity contribution in [3.05, 3.63) is 82.7 Å². The largest absolute Gasteiger partial charge is 0.493 e. The van der Waals surface area contributed by atoms with Crippen molar-refractivity contribution in [3.63, 3.8) is 0 Å². The number of ketones is 1. The SMILES string of the molecule is C=CCn1c(SCC(=O)c2cccc([N+](=O)[O-])c2)nnc1C(C)Oc1ccccc1OC. The van der Waals surface area contributed by atoms with Gasteiger partial charge >= 0.3 is 0 Å². The Balaban J connectivity index is 1.75. The number of methoxy groups -OCH3 is 1. The van der Waals surface area contributed by atoms with E-state index in [9.17, 15) is 14.9 Å². The van der Waals surface area contributed by atoms with Crippen molar-refractivity contribution >= 4 is 23.2 Å². The van der Waals surface area contributed by atoms with Gasteiger partial charge < -0.3 is 9.47 Å². The molecule has 0 aliphatic carbocycles. The van der Waals surface area contributed by atoms with Crippen LogP contribution in [0.2, 0.25) is 0 Å². The van der Waals surface area contributed by atoms with Crippen molar-refractivity contribution in [1.82, 2.24) is 14.8 Å². The summed E-state index contributed by atoms with van der Waals surface area (Å²) in [7, 11) is 1.57. The van der Waals surface area contributed by atoms with Crippen molar-refractivity contribution in [2.75, 3.05) is 12.9 Å². The van der Waals surface area contributed by atoms with E-state index in [0.29, 0.717) is 29.0 Å². The highest BCUT2D eigenvalue weighted by Crippen LogP contribution is 2.31. The minimum absolute atomic E-state index is 0.0538. The Morgan fingerprint density at radius 3 is 2.69 bits per heavy atom. The molecule has 166 valence electrons. The lowest BCUT2D eigenvalue weighted by atomic mass is 10.1. The fourth-order valence-corrected chi connectivity index (χ4v) is 3.82. The summed E-state index contributed by atoms with van der Waals surface area (Å²) in [5, 5.41) is 19.9. The number of carbonyl (C=O) groups excluding carboxylic acids is 1. The van der Waals surface area contributed by atoms with Crippen LogP contribution in [0.25, 0.3) is 0 Å². The molecule has 1 aromatic heterocycles. The van der Waals surface area contributed by atoms with Crippen molar-refractivity contribution in [3.8, 4) is 11.5 Å². The van der Waals surface area contributed by atoms with Gasteiger partial charge in [-0.05, 0) is 19.1 Å².